The van der Waals surface area contributed by atoms with Crippen molar-refractivity contribution in [1.29, 1.82) is 0 Å². The van der Waals surface area contributed by atoms with E-state index in [2.05, 4.69) is 10.0 Å². The molecule has 4 rings (SSSR count). The number of hydrogen-bond acceptors (Lipinski definition) is 4. The lowest BCUT2D eigenvalue weighted by Crippen LogP contribution is -2.44. The summed E-state index contributed by atoms with van der Waals surface area (Å²) in [7, 11) is -3.82. The lowest BCUT2D eigenvalue weighted by Gasteiger charge is -2.27. The molecule has 8 heteroatoms. The molecular weight excluding hydrogens is 429 g/mol. The number of para-hydroxylation sites is 1. The van der Waals surface area contributed by atoms with E-state index in [0.717, 1.165) is 24.2 Å². The van der Waals surface area contributed by atoms with Crippen molar-refractivity contribution in [3.05, 3.63) is 84.2 Å². The number of carbonyl (C=O) groups excluding carboxylic acids is 1. The van der Waals surface area contributed by atoms with Crippen LogP contribution in [0.15, 0.2) is 77.7 Å². The smallest absolute Gasteiger partial charge is 0.261 e. The second kappa shape index (κ2) is 8.63. The number of fused-ring (bicyclic) bond motifs is 1. The summed E-state index contributed by atoms with van der Waals surface area (Å²) >= 11 is 0. The molecule has 0 radical (unpaired) electrons. The summed E-state index contributed by atoms with van der Waals surface area (Å²) in [6.07, 6.45) is 0.831. The van der Waals surface area contributed by atoms with E-state index in [4.69, 9.17) is 0 Å². The Morgan fingerprint density at radius 3 is 2.31 bits per heavy atom. The summed E-state index contributed by atoms with van der Waals surface area (Å²) in [5.74, 6) is -0.529. The maximum atomic E-state index is 13.1. The van der Waals surface area contributed by atoms with Gasteiger partial charge in [-0.15, -0.1) is 0 Å². The van der Waals surface area contributed by atoms with Crippen molar-refractivity contribution in [2.24, 2.45) is 0 Å². The highest BCUT2D eigenvalue weighted by Gasteiger charge is 2.33. The standard InChI is InChI=1S/C24H24FN3O3S/c1-16-15-18-5-3-4-6-23(18)28(16)24(29)17(2)26-20-9-11-21(12-10-20)27-32(30,31)22-13-7-19(25)8-14-22/h3-14,16-17,26-27H,15H2,1-2H3/t16-,17+/m1/s1. The van der Waals surface area contributed by atoms with Crippen LogP contribution in [0.25, 0.3) is 0 Å². The Morgan fingerprint density at radius 1 is 1.00 bits per heavy atom. The first-order chi connectivity index (χ1) is 15.2. The van der Waals surface area contributed by atoms with Crippen molar-refractivity contribution in [2.45, 2.75) is 37.2 Å². The minimum atomic E-state index is -3.82. The quantitative estimate of drug-likeness (QED) is 0.580. The van der Waals surface area contributed by atoms with E-state index < -0.39 is 21.9 Å². The number of nitrogens with zero attached hydrogens (tertiary/aromatic N) is 1. The first-order valence-electron chi connectivity index (χ1n) is 10.3. The van der Waals surface area contributed by atoms with E-state index in [-0.39, 0.29) is 16.8 Å². The molecule has 6 nitrogen and oxygen atoms in total. The maximum Gasteiger partial charge on any atom is 0.261 e. The normalized spacial score (nSPS) is 16.3. The van der Waals surface area contributed by atoms with Gasteiger partial charge in [-0.2, -0.15) is 0 Å². The number of anilines is 3. The number of halogens is 1. The molecule has 0 saturated heterocycles. The molecular formula is C24H24FN3O3S. The van der Waals surface area contributed by atoms with Crippen LogP contribution in [0.3, 0.4) is 0 Å². The highest BCUT2D eigenvalue weighted by atomic mass is 32.2. The molecule has 2 N–H and O–H groups in total. The van der Waals surface area contributed by atoms with Crippen LogP contribution in [0.5, 0.6) is 0 Å². The second-order valence-corrected chi connectivity index (χ2v) is 9.58. The van der Waals surface area contributed by atoms with Crippen molar-refractivity contribution in [2.75, 3.05) is 14.9 Å². The summed E-state index contributed by atoms with van der Waals surface area (Å²) in [6, 6.07) is 18.8. The monoisotopic (exact) mass is 453 g/mol. The van der Waals surface area contributed by atoms with Crippen molar-refractivity contribution < 1.29 is 17.6 Å². The average Bonchev–Trinajstić information content (AvgIpc) is 3.10. The molecule has 0 unspecified atom stereocenters. The maximum absolute atomic E-state index is 13.1. The number of hydrogen-bond donors (Lipinski definition) is 2. The van der Waals surface area contributed by atoms with Crippen molar-refractivity contribution in [3.8, 4) is 0 Å². The zero-order valence-electron chi connectivity index (χ0n) is 17.7. The van der Waals surface area contributed by atoms with Crippen LogP contribution in [0.4, 0.5) is 21.5 Å². The highest BCUT2D eigenvalue weighted by Crippen LogP contribution is 2.32. The van der Waals surface area contributed by atoms with Crippen LogP contribution >= 0.6 is 0 Å². The van der Waals surface area contributed by atoms with Crippen molar-refractivity contribution in [3.63, 3.8) is 0 Å². The summed E-state index contributed by atoms with van der Waals surface area (Å²) in [4.78, 5) is 14.9. The van der Waals surface area contributed by atoms with Gasteiger partial charge >= 0.3 is 0 Å². The minimum Gasteiger partial charge on any atom is -0.374 e. The number of sulfonamides is 1. The summed E-state index contributed by atoms with van der Waals surface area (Å²) in [6.45, 7) is 3.84. The van der Waals surface area contributed by atoms with Crippen LogP contribution in [0.2, 0.25) is 0 Å². The third-order valence-corrected chi connectivity index (χ3v) is 6.86. The molecule has 3 aromatic rings. The Hall–Kier alpha value is -3.39. The van der Waals surface area contributed by atoms with Gasteiger partial charge in [-0.3, -0.25) is 9.52 Å². The SMILES string of the molecule is C[C@H](Nc1ccc(NS(=O)(=O)c2ccc(F)cc2)cc1)C(=O)N1c2ccccc2C[C@H]1C. The van der Waals surface area contributed by atoms with Crippen LogP contribution in [0.1, 0.15) is 19.4 Å². The molecule has 166 valence electrons. The Bertz CT molecular complexity index is 1230. The number of rotatable bonds is 6. The number of carbonyl (C=O) groups is 1. The Labute approximate surface area is 187 Å². The van der Waals surface area contributed by atoms with E-state index in [1.807, 2.05) is 36.1 Å². The molecule has 0 aliphatic carbocycles. The topological polar surface area (TPSA) is 78.5 Å². The van der Waals surface area contributed by atoms with Crippen LogP contribution in [-0.2, 0) is 21.2 Å². The summed E-state index contributed by atoms with van der Waals surface area (Å²) < 4.78 is 40.4. The second-order valence-electron chi connectivity index (χ2n) is 7.89. The molecule has 1 amide bonds. The van der Waals surface area contributed by atoms with Gasteiger partial charge in [0.15, 0.2) is 0 Å². The fourth-order valence-electron chi connectivity index (χ4n) is 3.88. The van der Waals surface area contributed by atoms with E-state index in [0.29, 0.717) is 11.4 Å². The zero-order chi connectivity index (χ0) is 22.9. The third-order valence-electron chi connectivity index (χ3n) is 5.46. The molecule has 1 aliphatic heterocycles. The van der Waals surface area contributed by atoms with Gasteiger partial charge < -0.3 is 10.2 Å². The Kier molecular flexibility index (Phi) is 5.88. The zero-order valence-corrected chi connectivity index (χ0v) is 18.6. The number of amides is 1. The Balaban J connectivity index is 1.42. The molecule has 0 saturated carbocycles. The summed E-state index contributed by atoms with van der Waals surface area (Å²) in [5, 5.41) is 3.19. The lowest BCUT2D eigenvalue weighted by molar-refractivity contribution is -0.119. The van der Waals surface area contributed by atoms with Crippen LogP contribution in [-0.4, -0.2) is 26.4 Å². The molecule has 1 heterocycles. The molecule has 0 fully saturated rings. The van der Waals surface area contributed by atoms with Gasteiger partial charge in [-0.05, 0) is 80.4 Å². The van der Waals surface area contributed by atoms with Gasteiger partial charge in [-0.25, -0.2) is 12.8 Å². The summed E-state index contributed by atoms with van der Waals surface area (Å²) in [5.41, 5.74) is 3.17. The molecule has 3 aromatic carbocycles. The van der Waals surface area contributed by atoms with Gasteiger partial charge in [0.2, 0.25) is 5.91 Å². The van der Waals surface area contributed by atoms with Crippen LogP contribution < -0.4 is 14.9 Å². The predicted octanol–water partition coefficient (Wildman–Crippen LogP) is 4.40. The predicted molar refractivity (Wildman–Crippen MR) is 124 cm³/mol. The fourth-order valence-corrected chi connectivity index (χ4v) is 4.94. The number of nitrogens with one attached hydrogen (secondary N) is 2. The largest absolute Gasteiger partial charge is 0.374 e. The van der Waals surface area contributed by atoms with Gasteiger partial charge in [0.05, 0.1) is 4.90 Å². The molecule has 0 aromatic heterocycles. The van der Waals surface area contributed by atoms with Gasteiger partial charge in [0, 0.05) is 23.1 Å². The fraction of sp³-hybridized carbons (Fsp3) is 0.208. The van der Waals surface area contributed by atoms with Gasteiger partial charge in [0.1, 0.15) is 11.9 Å². The molecule has 0 bridgehead atoms. The van der Waals surface area contributed by atoms with E-state index in [9.17, 15) is 17.6 Å². The van der Waals surface area contributed by atoms with Gasteiger partial charge in [-0.1, -0.05) is 18.2 Å². The average molecular weight is 454 g/mol. The highest BCUT2D eigenvalue weighted by molar-refractivity contribution is 7.92. The molecule has 0 spiro atoms. The van der Waals surface area contributed by atoms with E-state index >= 15 is 0 Å². The third kappa shape index (κ3) is 4.45. The molecule has 32 heavy (non-hydrogen) atoms. The minimum absolute atomic E-state index is 0.0245. The lowest BCUT2D eigenvalue weighted by atomic mass is 10.1. The van der Waals surface area contributed by atoms with E-state index in [1.54, 1.807) is 31.2 Å². The molecule has 1 aliphatic rings. The molecule has 2 atom stereocenters. The van der Waals surface area contributed by atoms with Gasteiger partial charge in [0.25, 0.3) is 10.0 Å². The first kappa shape index (κ1) is 21.8. The van der Waals surface area contributed by atoms with Crippen molar-refractivity contribution >= 4 is 33.0 Å². The Morgan fingerprint density at radius 2 is 1.62 bits per heavy atom. The first-order valence-corrected chi connectivity index (χ1v) is 11.8. The van der Waals surface area contributed by atoms with E-state index in [1.165, 1.54) is 17.7 Å². The number of benzene rings is 3. The van der Waals surface area contributed by atoms with Crippen LogP contribution in [0, 0.1) is 5.82 Å². The van der Waals surface area contributed by atoms with Crippen molar-refractivity contribution in [1.82, 2.24) is 0 Å².